The van der Waals surface area contributed by atoms with E-state index in [1.807, 2.05) is 13.8 Å². The zero-order valence-electron chi connectivity index (χ0n) is 23.2. The highest BCUT2D eigenvalue weighted by atomic mass is 31.2. The van der Waals surface area contributed by atoms with Crippen molar-refractivity contribution >= 4 is 25.3 Å². The fourth-order valence-corrected chi connectivity index (χ4v) is 7.06. The SMILES string of the molecule is CCCNC(=O)c1ccc(OP(=O)(Oc2ccc(C(=O)NCCC)cc2)C2CCCN2C(=O)C2CCCN2)cc1. The summed E-state index contributed by atoms with van der Waals surface area (Å²) in [7, 11) is -4.00. The summed E-state index contributed by atoms with van der Waals surface area (Å²) < 4.78 is 26.8. The van der Waals surface area contributed by atoms with E-state index in [9.17, 15) is 18.9 Å². The molecule has 40 heavy (non-hydrogen) atoms. The van der Waals surface area contributed by atoms with Crippen LogP contribution < -0.4 is 25.0 Å². The van der Waals surface area contributed by atoms with Crippen molar-refractivity contribution in [3.8, 4) is 11.5 Å². The molecule has 0 aromatic heterocycles. The first-order valence-corrected chi connectivity index (χ1v) is 15.7. The molecule has 11 heteroatoms. The van der Waals surface area contributed by atoms with Crippen LogP contribution >= 0.6 is 7.60 Å². The Balaban J connectivity index is 1.58. The lowest BCUT2D eigenvalue weighted by Crippen LogP contribution is -2.46. The number of rotatable bonds is 12. The summed E-state index contributed by atoms with van der Waals surface area (Å²) in [5, 5.41) is 8.88. The van der Waals surface area contributed by atoms with Crippen LogP contribution in [0.5, 0.6) is 11.5 Å². The summed E-state index contributed by atoms with van der Waals surface area (Å²) in [5.41, 5.74) is 0.914. The number of benzene rings is 2. The molecule has 2 atom stereocenters. The Labute approximate surface area is 235 Å². The Morgan fingerprint density at radius 3 is 1.82 bits per heavy atom. The van der Waals surface area contributed by atoms with Gasteiger partial charge < -0.3 is 29.9 Å². The van der Waals surface area contributed by atoms with E-state index in [1.54, 1.807) is 53.4 Å². The minimum Gasteiger partial charge on any atom is -0.415 e. The Morgan fingerprint density at radius 2 is 1.38 bits per heavy atom. The number of amides is 3. The molecule has 2 saturated heterocycles. The smallest absolute Gasteiger partial charge is 0.415 e. The third-order valence-electron chi connectivity index (χ3n) is 7.00. The topological polar surface area (TPSA) is 126 Å². The van der Waals surface area contributed by atoms with Crippen molar-refractivity contribution in [1.82, 2.24) is 20.9 Å². The number of carbonyl (C=O) groups excluding carboxylic acids is 3. The number of hydrogen-bond acceptors (Lipinski definition) is 7. The zero-order valence-corrected chi connectivity index (χ0v) is 24.1. The summed E-state index contributed by atoms with van der Waals surface area (Å²) >= 11 is 0. The highest BCUT2D eigenvalue weighted by Gasteiger charge is 2.49. The monoisotopic (exact) mass is 570 g/mol. The van der Waals surface area contributed by atoms with E-state index in [4.69, 9.17) is 9.05 Å². The van der Waals surface area contributed by atoms with Crippen molar-refractivity contribution in [2.24, 2.45) is 0 Å². The second kappa shape index (κ2) is 13.8. The summed E-state index contributed by atoms with van der Waals surface area (Å²) in [6, 6.07) is 12.4. The van der Waals surface area contributed by atoms with Gasteiger partial charge in [0.25, 0.3) is 11.8 Å². The minimum absolute atomic E-state index is 0.0988. The van der Waals surface area contributed by atoms with Gasteiger partial charge in [0.2, 0.25) is 5.91 Å². The predicted molar refractivity (Wildman–Crippen MR) is 153 cm³/mol. The van der Waals surface area contributed by atoms with Crippen molar-refractivity contribution in [2.75, 3.05) is 26.2 Å². The van der Waals surface area contributed by atoms with Crippen molar-refractivity contribution in [1.29, 1.82) is 0 Å². The van der Waals surface area contributed by atoms with Crippen molar-refractivity contribution in [2.45, 2.75) is 64.2 Å². The first-order valence-electron chi connectivity index (χ1n) is 14.1. The number of carbonyl (C=O) groups is 3. The van der Waals surface area contributed by atoms with Gasteiger partial charge in [0.05, 0.1) is 6.04 Å². The van der Waals surface area contributed by atoms with Crippen LogP contribution in [0.1, 0.15) is 73.1 Å². The second-order valence-electron chi connectivity index (χ2n) is 10.1. The van der Waals surface area contributed by atoms with E-state index >= 15 is 0 Å². The molecule has 10 nitrogen and oxygen atoms in total. The molecule has 2 aliphatic heterocycles. The number of likely N-dealkylation sites (tertiary alicyclic amines) is 1. The molecule has 216 valence electrons. The van der Waals surface area contributed by atoms with Gasteiger partial charge in [-0.15, -0.1) is 0 Å². The molecule has 3 amide bonds. The standard InChI is InChI=1S/C29H39N4O6P/c1-3-17-31-27(34)21-9-13-23(14-10-21)38-40(37,26-8-6-20-33(26)29(36)25-7-5-19-30-25)39-24-15-11-22(12-16-24)28(35)32-18-4-2/h9-16,25-26,30H,3-8,17-20H2,1-2H3,(H,31,34)(H,32,35). The maximum atomic E-state index is 14.6. The van der Waals surface area contributed by atoms with Crippen molar-refractivity contribution in [3.63, 3.8) is 0 Å². The van der Waals surface area contributed by atoms with Gasteiger partial charge in [-0.1, -0.05) is 13.8 Å². The maximum Gasteiger partial charge on any atom is 0.453 e. The molecule has 0 bridgehead atoms. The summed E-state index contributed by atoms with van der Waals surface area (Å²) in [6.45, 7) is 6.33. The minimum atomic E-state index is -4.00. The van der Waals surface area contributed by atoms with E-state index in [2.05, 4.69) is 16.0 Å². The van der Waals surface area contributed by atoms with E-state index < -0.39 is 13.4 Å². The van der Waals surface area contributed by atoms with Crippen LogP contribution in [-0.2, 0) is 9.36 Å². The van der Waals surface area contributed by atoms with Crippen LogP contribution in [0, 0.1) is 0 Å². The molecule has 2 aromatic carbocycles. The molecule has 3 N–H and O–H groups in total. The molecule has 0 radical (unpaired) electrons. The third kappa shape index (κ3) is 7.23. The summed E-state index contributed by atoms with van der Waals surface area (Å²) in [4.78, 5) is 39.6. The third-order valence-corrected chi connectivity index (χ3v) is 9.19. The lowest BCUT2D eigenvalue weighted by Gasteiger charge is -2.32. The number of hydrogen-bond donors (Lipinski definition) is 3. The normalized spacial score (nSPS) is 18.8. The van der Waals surface area contributed by atoms with Gasteiger partial charge in [-0.2, -0.15) is 0 Å². The Kier molecular flexibility index (Phi) is 10.2. The maximum absolute atomic E-state index is 14.6. The molecule has 0 saturated carbocycles. The van der Waals surface area contributed by atoms with Crippen molar-refractivity contribution in [3.05, 3.63) is 59.7 Å². The second-order valence-corrected chi connectivity index (χ2v) is 12.1. The fraction of sp³-hybridized carbons (Fsp3) is 0.483. The number of nitrogens with one attached hydrogen (secondary N) is 3. The van der Waals surface area contributed by atoms with Crippen LogP contribution in [0.15, 0.2) is 48.5 Å². The molecule has 2 aromatic rings. The van der Waals surface area contributed by atoms with Crippen LogP contribution in [0.4, 0.5) is 0 Å². The molecule has 2 fully saturated rings. The fourth-order valence-electron chi connectivity index (χ4n) is 4.88. The molecule has 4 rings (SSSR count). The van der Waals surface area contributed by atoms with Gasteiger partial charge in [-0.3, -0.25) is 14.4 Å². The average Bonchev–Trinajstić information content (AvgIpc) is 3.68. The first kappa shape index (κ1) is 29.6. The van der Waals surface area contributed by atoms with Crippen LogP contribution in [0.25, 0.3) is 0 Å². The van der Waals surface area contributed by atoms with E-state index in [0.29, 0.717) is 43.6 Å². The quantitative estimate of drug-likeness (QED) is 0.325. The predicted octanol–water partition coefficient (Wildman–Crippen LogP) is 4.32. The van der Waals surface area contributed by atoms with E-state index in [-0.39, 0.29) is 35.3 Å². The molecule has 2 unspecified atom stereocenters. The first-order chi connectivity index (χ1) is 19.3. The number of nitrogens with zero attached hydrogens (tertiary/aromatic N) is 1. The van der Waals surface area contributed by atoms with E-state index in [1.165, 1.54) is 0 Å². The largest absolute Gasteiger partial charge is 0.453 e. The van der Waals surface area contributed by atoms with Gasteiger partial charge in [0, 0.05) is 30.8 Å². The van der Waals surface area contributed by atoms with Gasteiger partial charge >= 0.3 is 7.60 Å². The molecule has 0 spiro atoms. The average molecular weight is 571 g/mol. The Bertz CT molecular complexity index is 1140. The zero-order chi connectivity index (χ0) is 28.5. The Hall–Kier alpha value is -3.36. The van der Waals surface area contributed by atoms with Gasteiger partial charge in [0.1, 0.15) is 11.5 Å². The van der Waals surface area contributed by atoms with Crippen molar-refractivity contribution < 1.29 is 28.0 Å². The van der Waals surface area contributed by atoms with Crippen LogP contribution in [0.3, 0.4) is 0 Å². The molecular weight excluding hydrogens is 531 g/mol. The van der Waals surface area contributed by atoms with Crippen LogP contribution in [0.2, 0.25) is 0 Å². The molecule has 2 aliphatic rings. The lowest BCUT2D eigenvalue weighted by atomic mass is 10.2. The van der Waals surface area contributed by atoms with Gasteiger partial charge in [-0.25, -0.2) is 4.57 Å². The molecule has 2 heterocycles. The summed E-state index contributed by atoms with van der Waals surface area (Å²) in [6.07, 6.45) is 4.43. The molecular formula is C29H39N4O6P. The highest BCUT2D eigenvalue weighted by Crippen LogP contribution is 2.57. The summed E-state index contributed by atoms with van der Waals surface area (Å²) in [5.74, 6) is -0.741. The lowest BCUT2D eigenvalue weighted by molar-refractivity contribution is -0.132. The highest BCUT2D eigenvalue weighted by molar-refractivity contribution is 7.55. The van der Waals surface area contributed by atoms with Gasteiger partial charge in [-0.05, 0) is 93.6 Å². The van der Waals surface area contributed by atoms with Gasteiger partial charge in [0.15, 0.2) is 5.78 Å². The van der Waals surface area contributed by atoms with Crippen LogP contribution in [-0.4, -0.2) is 60.6 Å². The Morgan fingerprint density at radius 1 is 0.850 bits per heavy atom. The molecule has 0 aliphatic carbocycles. The van der Waals surface area contributed by atoms with E-state index in [0.717, 1.165) is 32.2 Å².